The third-order valence-electron chi connectivity index (χ3n) is 5.46. The molecule has 0 amide bonds. The van der Waals surface area contributed by atoms with E-state index in [-0.39, 0.29) is 0 Å². The lowest BCUT2D eigenvalue weighted by Crippen LogP contribution is -2.23. The van der Waals surface area contributed by atoms with Gasteiger partial charge < -0.3 is 9.30 Å². The standard InChI is InChI=1S/C24H28N4O3S/c1-31-15-12-23-27-22-17-25-21-16-19(18-8-4-3-5-9-18)10-11-20(21)24(22)28(23)14-7-6-13-26-32(2,29)30/h3-5,8-11,16-17,26H,6-7,12-15H2,1-2H3. The van der Waals surface area contributed by atoms with Gasteiger partial charge in [0.1, 0.15) is 11.3 Å². The van der Waals surface area contributed by atoms with E-state index >= 15 is 0 Å². The molecule has 0 saturated carbocycles. The van der Waals surface area contributed by atoms with Crippen molar-refractivity contribution in [2.24, 2.45) is 0 Å². The van der Waals surface area contributed by atoms with Gasteiger partial charge in [-0.2, -0.15) is 0 Å². The molecule has 0 aliphatic carbocycles. The Balaban J connectivity index is 1.69. The van der Waals surface area contributed by atoms with E-state index in [0.717, 1.165) is 58.3 Å². The van der Waals surface area contributed by atoms with Crippen molar-refractivity contribution < 1.29 is 13.2 Å². The van der Waals surface area contributed by atoms with Crippen molar-refractivity contribution in [3.63, 3.8) is 0 Å². The van der Waals surface area contributed by atoms with E-state index in [0.29, 0.717) is 19.6 Å². The Bertz CT molecular complexity index is 1320. The van der Waals surface area contributed by atoms with Crippen molar-refractivity contribution in [1.29, 1.82) is 0 Å². The van der Waals surface area contributed by atoms with E-state index in [1.165, 1.54) is 6.26 Å². The van der Waals surface area contributed by atoms with E-state index in [1.54, 1.807) is 7.11 Å². The second-order valence-corrected chi connectivity index (χ2v) is 9.72. The molecule has 0 fully saturated rings. The summed E-state index contributed by atoms with van der Waals surface area (Å²) in [5.41, 5.74) is 5.14. The summed E-state index contributed by atoms with van der Waals surface area (Å²) in [7, 11) is -1.48. The van der Waals surface area contributed by atoms with E-state index in [2.05, 4.69) is 44.6 Å². The molecular weight excluding hydrogens is 424 g/mol. The lowest BCUT2D eigenvalue weighted by atomic mass is 10.0. The van der Waals surface area contributed by atoms with Gasteiger partial charge in [-0.1, -0.05) is 42.5 Å². The predicted octanol–water partition coefficient (Wildman–Crippen LogP) is 3.77. The highest BCUT2D eigenvalue weighted by Crippen LogP contribution is 2.29. The van der Waals surface area contributed by atoms with Crippen molar-refractivity contribution >= 4 is 32.0 Å². The number of nitrogens with zero attached hydrogens (tertiary/aromatic N) is 3. The number of rotatable bonds is 10. The van der Waals surface area contributed by atoms with Gasteiger partial charge in [0.15, 0.2) is 0 Å². The summed E-state index contributed by atoms with van der Waals surface area (Å²) in [6.45, 7) is 1.77. The summed E-state index contributed by atoms with van der Waals surface area (Å²) in [4.78, 5) is 9.51. The highest BCUT2D eigenvalue weighted by Gasteiger charge is 2.15. The number of benzene rings is 2. The highest BCUT2D eigenvalue weighted by atomic mass is 32.2. The number of unbranched alkanes of at least 4 members (excludes halogenated alkanes) is 1. The average molecular weight is 453 g/mol. The van der Waals surface area contributed by atoms with Crippen molar-refractivity contribution in [1.82, 2.24) is 19.3 Å². The number of pyridine rings is 1. The number of ether oxygens (including phenoxy) is 1. The molecule has 0 saturated heterocycles. The molecule has 0 radical (unpaired) electrons. The lowest BCUT2D eigenvalue weighted by Gasteiger charge is -2.11. The van der Waals surface area contributed by atoms with Crippen LogP contribution >= 0.6 is 0 Å². The van der Waals surface area contributed by atoms with Crippen LogP contribution in [0.3, 0.4) is 0 Å². The normalized spacial score (nSPS) is 12.1. The van der Waals surface area contributed by atoms with Crippen LogP contribution in [0.1, 0.15) is 18.7 Å². The summed E-state index contributed by atoms with van der Waals surface area (Å²) in [5.74, 6) is 0.958. The van der Waals surface area contributed by atoms with Crippen molar-refractivity contribution in [3.8, 4) is 11.1 Å². The second kappa shape index (κ2) is 9.77. The highest BCUT2D eigenvalue weighted by molar-refractivity contribution is 7.88. The predicted molar refractivity (Wildman–Crippen MR) is 128 cm³/mol. The van der Waals surface area contributed by atoms with Crippen LogP contribution in [0, 0.1) is 0 Å². The molecule has 0 spiro atoms. The lowest BCUT2D eigenvalue weighted by molar-refractivity contribution is 0.199. The fraction of sp³-hybridized carbons (Fsp3) is 0.333. The first-order valence-electron chi connectivity index (χ1n) is 10.7. The van der Waals surface area contributed by atoms with Gasteiger partial charge in [0.25, 0.3) is 0 Å². The van der Waals surface area contributed by atoms with Crippen LogP contribution in [0.2, 0.25) is 0 Å². The molecule has 2 aromatic carbocycles. The maximum absolute atomic E-state index is 11.3. The van der Waals surface area contributed by atoms with Crippen molar-refractivity contribution in [2.45, 2.75) is 25.8 Å². The molecule has 7 nitrogen and oxygen atoms in total. The number of imidazole rings is 1. The molecule has 8 heteroatoms. The van der Waals surface area contributed by atoms with Gasteiger partial charge in [-0.25, -0.2) is 18.1 Å². The van der Waals surface area contributed by atoms with Crippen molar-refractivity contribution in [2.75, 3.05) is 26.5 Å². The van der Waals surface area contributed by atoms with Gasteiger partial charge in [-0.3, -0.25) is 4.98 Å². The Morgan fingerprint density at radius 1 is 1.03 bits per heavy atom. The van der Waals surface area contributed by atoms with Gasteiger partial charge in [-0.05, 0) is 30.0 Å². The van der Waals surface area contributed by atoms with Gasteiger partial charge in [0.05, 0.1) is 30.1 Å². The molecule has 4 rings (SSSR count). The van der Waals surface area contributed by atoms with Gasteiger partial charge >= 0.3 is 0 Å². The van der Waals surface area contributed by atoms with Gasteiger partial charge in [0, 0.05) is 32.0 Å². The van der Waals surface area contributed by atoms with Crippen LogP contribution in [0.15, 0.2) is 54.7 Å². The van der Waals surface area contributed by atoms with Crippen LogP contribution < -0.4 is 4.72 Å². The fourth-order valence-corrected chi connectivity index (χ4v) is 4.47. The van der Waals surface area contributed by atoms with Gasteiger partial charge in [-0.15, -0.1) is 0 Å². The number of hydrogen-bond donors (Lipinski definition) is 1. The summed E-state index contributed by atoms with van der Waals surface area (Å²) < 4.78 is 32.7. The third kappa shape index (κ3) is 5.15. The first-order chi connectivity index (χ1) is 15.5. The molecule has 32 heavy (non-hydrogen) atoms. The van der Waals surface area contributed by atoms with Crippen LogP contribution in [-0.2, 0) is 27.7 Å². The Morgan fingerprint density at radius 2 is 1.84 bits per heavy atom. The Labute approximate surface area is 188 Å². The maximum Gasteiger partial charge on any atom is 0.208 e. The smallest absolute Gasteiger partial charge is 0.208 e. The zero-order chi connectivity index (χ0) is 22.6. The topological polar surface area (TPSA) is 86.1 Å². The van der Waals surface area contributed by atoms with E-state index in [4.69, 9.17) is 9.72 Å². The average Bonchev–Trinajstić information content (AvgIpc) is 3.14. The molecule has 0 bridgehead atoms. The molecule has 1 N–H and O–H groups in total. The number of aromatic nitrogens is 3. The van der Waals surface area contributed by atoms with Crippen LogP contribution in [0.25, 0.3) is 33.1 Å². The van der Waals surface area contributed by atoms with Crippen LogP contribution in [0.5, 0.6) is 0 Å². The summed E-state index contributed by atoms with van der Waals surface area (Å²) in [6.07, 6.45) is 5.31. The van der Waals surface area contributed by atoms with Gasteiger partial charge in [0.2, 0.25) is 10.0 Å². The molecule has 0 atom stereocenters. The summed E-state index contributed by atoms with van der Waals surface area (Å²) in [6, 6.07) is 16.6. The molecule has 0 aliphatic heterocycles. The zero-order valence-electron chi connectivity index (χ0n) is 18.4. The first kappa shape index (κ1) is 22.4. The molecule has 168 valence electrons. The number of nitrogens with one attached hydrogen (secondary N) is 1. The second-order valence-electron chi connectivity index (χ2n) is 7.89. The summed E-state index contributed by atoms with van der Waals surface area (Å²) in [5, 5.41) is 1.06. The molecule has 4 aromatic rings. The molecule has 0 unspecified atom stereocenters. The first-order valence-corrected chi connectivity index (χ1v) is 12.6. The molecule has 0 aliphatic rings. The minimum absolute atomic E-state index is 0.432. The van der Waals surface area contributed by atoms with E-state index < -0.39 is 10.0 Å². The van der Waals surface area contributed by atoms with Crippen LogP contribution in [-0.4, -0.2) is 49.5 Å². The molecule has 2 heterocycles. The Hall–Kier alpha value is -2.81. The summed E-state index contributed by atoms with van der Waals surface area (Å²) >= 11 is 0. The number of hydrogen-bond acceptors (Lipinski definition) is 5. The van der Waals surface area contributed by atoms with E-state index in [9.17, 15) is 8.42 Å². The number of aryl methyl sites for hydroxylation is 1. The Kier molecular flexibility index (Phi) is 6.83. The maximum atomic E-state index is 11.3. The number of methoxy groups -OCH3 is 1. The molecule has 2 aromatic heterocycles. The molecular formula is C24H28N4O3S. The minimum Gasteiger partial charge on any atom is -0.384 e. The quantitative estimate of drug-likeness (QED) is 0.370. The third-order valence-corrected chi connectivity index (χ3v) is 6.19. The van der Waals surface area contributed by atoms with E-state index in [1.807, 2.05) is 24.4 Å². The number of fused-ring (bicyclic) bond motifs is 3. The number of sulfonamides is 1. The van der Waals surface area contributed by atoms with Crippen LogP contribution in [0.4, 0.5) is 0 Å². The Morgan fingerprint density at radius 3 is 2.59 bits per heavy atom. The largest absolute Gasteiger partial charge is 0.384 e. The minimum atomic E-state index is -3.16. The fourth-order valence-electron chi connectivity index (χ4n) is 3.95. The SMILES string of the molecule is COCCc1nc2cnc3cc(-c4ccccc4)ccc3c2n1CCCCNS(C)(=O)=O. The monoisotopic (exact) mass is 452 g/mol. The van der Waals surface area contributed by atoms with Crippen molar-refractivity contribution in [3.05, 3.63) is 60.6 Å². The zero-order valence-corrected chi connectivity index (χ0v) is 19.2.